The summed E-state index contributed by atoms with van der Waals surface area (Å²) >= 11 is 0. The molecule has 0 aromatic heterocycles. The van der Waals surface area contributed by atoms with Crippen molar-refractivity contribution in [2.45, 2.75) is 58.5 Å². The van der Waals surface area contributed by atoms with E-state index in [0.29, 0.717) is 23.8 Å². The summed E-state index contributed by atoms with van der Waals surface area (Å²) in [6, 6.07) is 5.27. The Morgan fingerprint density at radius 2 is 1.90 bits per heavy atom. The number of rotatable bonds is 7. The summed E-state index contributed by atoms with van der Waals surface area (Å²) in [5, 5.41) is 3.09. The van der Waals surface area contributed by atoms with Gasteiger partial charge in [-0.1, -0.05) is 33.3 Å². The maximum absolute atomic E-state index is 13.5. The van der Waals surface area contributed by atoms with Crippen LogP contribution in [0.5, 0.6) is 11.5 Å². The Labute approximate surface area is 178 Å². The van der Waals surface area contributed by atoms with Crippen molar-refractivity contribution in [3.63, 3.8) is 0 Å². The molecule has 1 aromatic rings. The van der Waals surface area contributed by atoms with Crippen LogP contribution in [0.15, 0.2) is 18.2 Å². The predicted molar refractivity (Wildman–Crippen MR) is 113 cm³/mol. The first kappa shape index (κ1) is 21.0. The second-order valence-corrected chi connectivity index (χ2v) is 8.92. The number of carbonyl (C=O) groups is 2. The lowest BCUT2D eigenvalue weighted by Gasteiger charge is -2.41. The molecule has 7 nitrogen and oxygen atoms in total. The number of imide groups is 1. The zero-order valence-electron chi connectivity index (χ0n) is 18.3. The number of nitrogens with zero attached hydrogens (tertiary/aromatic N) is 2. The van der Waals surface area contributed by atoms with E-state index in [4.69, 9.17) is 9.47 Å². The largest absolute Gasteiger partial charge is 0.454 e. The molecular weight excluding hydrogens is 382 g/mol. The molecule has 1 aromatic carbocycles. The number of ether oxygens (including phenoxy) is 2. The van der Waals surface area contributed by atoms with E-state index in [0.717, 1.165) is 38.0 Å². The molecular formula is C23H33N3O4. The number of benzene rings is 1. The van der Waals surface area contributed by atoms with Crippen LogP contribution in [0.25, 0.3) is 0 Å². The maximum Gasteiger partial charge on any atom is 0.325 e. The first-order valence-corrected chi connectivity index (χ1v) is 11.2. The van der Waals surface area contributed by atoms with Crippen LogP contribution < -0.4 is 14.8 Å². The van der Waals surface area contributed by atoms with Crippen LogP contribution in [-0.4, -0.2) is 53.7 Å². The zero-order valence-corrected chi connectivity index (χ0v) is 18.3. The lowest BCUT2D eigenvalue weighted by atomic mass is 9.75. The zero-order chi connectivity index (χ0) is 21.3. The van der Waals surface area contributed by atoms with Gasteiger partial charge in [-0.25, -0.2) is 4.79 Å². The van der Waals surface area contributed by atoms with Gasteiger partial charge >= 0.3 is 6.03 Å². The highest BCUT2D eigenvalue weighted by molar-refractivity contribution is 6.07. The van der Waals surface area contributed by atoms with Gasteiger partial charge in [0.15, 0.2) is 11.5 Å². The van der Waals surface area contributed by atoms with Crippen LogP contribution in [0, 0.1) is 11.8 Å². The molecule has 0 spiro atoms. The van der Waals surface area contributed by atoms with Crippen molar-refractivity contribution >= 4 is 11.9 Å². The molecule has 4 rings (SSSR count). The van der Waals surface area contributed by atoms with Gasteiger partial charge in [0.25, 0.3) is 5.91 Å². The molecule has 0 unspecified atom stereocenters. The van der Waals surface area contributed by atoms with Crippen molar-refractivity contribution in [3.8, 4) is 11.5 Å². The fourth-order valence-corrected chi connectivity index (χ4v) is 4.99. The smallest absolute Gasteiger partial charge is 0.325 e. The fourth-order valence-electron chi connectivity index (χ4n) is 4.99. The van der Waals surface area contributed by atoms with E-state index in [9.17, 15) is 9.59 Å². The van der Waals surface area contributed by atoms with Gasteiger partial charge in [-0.15, -0.1) is 0 Å². The van der Waals surface area contributed by atoms with Crippen LogP contribution in [0.3, 0.4) is 0 Å². The number of hydrogen-bond donors (Lipinski definition) is 1. The minimum absolute atomic E-state index is 0.0898. The Hall–Kier alpha value is -2.28. The summed E-state index contributed by atoms with van der Waals surface area (Å²) in [4.78, 5) is 30.2. The number of likely N-dealkylation sites (tertiary alicyclic amines) is 1. The normalized spacial score (nSPS) is 25.6. The molecule has 7 heteroatoms. The van der Waals surface area contributed by atoms with Gasteiger partial charge < -0.3 is 19.7 Å². The molecule has 2 saturated heterocycles. The van der Waals surface area contributed by atoms with Crippen molar-refractivity contribution < 1.29 is 19.1 Å². The number of hydrogen-bond acceptors (Lipinski definition) is 5. The molecule has 3 aliphatic heterocycles. The van der Waals surface area contributed by atoms with Gasteiger partial charge in [-0.2, -0.15) is 0 Å². The van der Waals surface area contributed by atoms with E-state index in [-0.39, 0.29) is 31.2 Å². The molecule has 0 bridgehead atoms. The number of urea groups is 1. The molecule has 3 aliphatic rings. The second-order valence-electron chi connectivity index (χ2n) is 8.92. The highest BCUT2D eigenvalue weighted by Gasteiger charge is 2.54. The van der Waals surface area contributed by atoms with Crippen molar-refractivity contribution in [1.29, 1.82) is 0 Å². The van der Waals surface area contributed by atoms with Crippen molar-refractivity contribution in [3.05, 3.63) is 23.8 Å². The third kappa shape index (κ3) is 3.75. The summed E-state index contributed by atoms with van der Waals surface area (Å²) in [6.45, 7) is 10.1. The Bertz CT molecular complexity index is 806. The van der Waals surface area contributed by atoms with E-state index in [1.807, 2.05) is 25.1 Å². The van der Waals surface area contributed by atoms with Gasteiger partial charge in [0, 0.05) is 6.54 Å². The van der Waals surface area contributed by atoms with Crippen LogP contribution in [0.4, 0.5) is 4.79 Å². The molecule has 2 atom stereocenters. The summed E-state index contributed by atoms with van der Waals surface area (Å²) in [6.07, 6.45) is 3.68. The minimum atomic E-state index is -0.782. The van der Waals surface area contributed by atoms with Crippen LogP contribution in [0.1, 0.15) is 52.0 Å². The number of carbonyl (C=O) groups excluding carboxylic acids is 2. The van der Waals surface area contributed by atoms with Crippen LogP contribution in [0.2, 0.25) is 0 Å². The molecule has 0 radical (unpaired) electrons. The Morgan fingerprint density at radius 1 is 1.17 bits per heavy atom. The van der Waals surface area contributed by atoms with Gasteiger partial charge in [0.1, 0.15) is 5.54 Å². The third-order valence-electron chi connectivity index (χ3n) is 7.09. The Balaban J connectivity index is 1.45. The lowest BCUT2D eigenvalue weighted by molar-refractivity contribution is -0.134. The van der Waals surface area contributed by atoms with E-state index >= 15 is 0 Å². The number of piperidine rings is 1. The minimum Gasteiger partial charge on any atom is -0.454 e. The summed E-state index contributed by atoms with van der Waals surface area (Å²) in [5.41, 5.74) is 0.0774. The average Bonchev–Trinajstić information content (AvgIpc) is 3.32. The first-order chi connectivity index (χ1) is 14.5. The monoisotopic (exact) mass is 415 g/mol. The van der Waals surface area contributed by atoms with Gasteiger partial charge in [0.05, 0.1) is 6.54 Å². The molecule has 2 fully saturated rings. The van der Waals surface area contributed by atoms with Gasteiger partial charge in [-0.05, 0) is 61.9 Å². The predicted octanol–water partition coefficient (Wildman–Crippen LogP) is 3.37. The first-order valence-electron chi connectivity index (χ1n) is 11.2. The van der Waals surface area contributed by atoms with Crippen molar-refractivity contribution in [2.75, 3.05) is 26.4 Å². The fraction of sp³-hybridized carbons (Fsp3) is 0.652. The molecule has 3 amide bonds. The lowest BCUT2D eigenvalue weighted by Crippen LogP contribution is -2.56. The quantitative estimate of drug-likeness (QED) is 0.692. The topological polar surface area (TPSA) is 71.1 Å². The summed E-state index contributed by atoms with van der Waals surface area (Å²) < 4.78 is 10.8. The third-order valence-corrected chi connectivity index (χ3v) is 7.09. The number of amides is 3. The average molecular weight is 416 g/mol. The van der Waals surface area contributed by atoms with E-state index in [1.54, 1.807) is 0 Å². The molecule has 1 N–H and O–H groups in total. The molecule has 0 saturated carbocycles. The van der Waals surface area contributed by atoms with Crippen molar-refractivity contribution in [2.24, 2.45) is 11.8 Å². The Morgan fingerprint density at radius 3 is 2.60 bits per heavy atom. The molecule has 3 heterocycles. The van der Waals surface area contributed by atoms with Crippen LogP contribution >= 0.6 is 0 Å². The van der Waals surface area contributed by atoms with E-state index in [1.165, 1.54) is 11.3 Å². The van der Waals surface area contributed by atoms with Crippen molar-refractivity contribution in [1.82, 2.24) is 15.1 Å². The number of nitrogens with one attached hydrogen (secondary N) is 1. The highest BCUT2D eigenvalue weighted by atomic mass is 16.7. The van der Waals surface area contributed by atoms with Gasteiger partial charge in [-0.3, -0.25) is 9.69 Å². The standard InChI is InChI=1S/C23H33N3O4/c1-4-16(3)13-25-10-8-18(9-11-25)23(5-2)21(27)26(22(28)24-23)14-17-6-7-19-20(12-17)30-15-29-19/h6-7,12,16,18H,4-5,8-11,13-15H2,1-3H3,(H,24,28)/t16-,23-/m0/s1. The SMILES string of the molecule is CC[C@H](C)CN1CCC([C@]2(CC)NC(=O)N(Cc3ccc4c(c3)OCO4)C2=O)CC1. The summed E-state index contributed by atoms with van der Waals surface area (Å²) in [7, 11) is 0. The van der Waals surface area contributed by atoms with Gasteiger partial charge in [0.2, 0.25) is 6.79 Å². The Kier molecular flexibility index (Phi) is 5.91. The summed E-state index contributed by atoms with van der Waals surface area (Å²) in [5.74, 6) is 2.13. The van der Waals surface area contributed by atoms with E-state index in [2.05, 4.69) is 24.1 Å². The maximum atomic E-state index is 13.5. The molecule has 0 aliphatic carbocycles. The highest BCUT2D eigenvalue weighted by Crippen LogP contribution is 2.38. The molecule has 164 valence electrons. The van der Waals surface area contributed by atoms with E-state index < -0.39 is 5.54 Å². The number of fused-ring (bicyclic) bond motifs is 1. The van der Waals surface area contributed by atoms with Crippen LogP contribution in [-0.2, 0) is 11.3 Å². The second kappa shape index (κ2) is 8.46. The molecule has 30 heavy (non-hydrogen) atoms.